The van der Waals surface area contributed by atoms with E-state index in [1.54, 1.807) is 12.4 Å². The quantitative estimate of drug-likeness (QED) is 0.775. The molecule has 0 unspecified atom stereocenters. The number of nitrogens with one attached hydrogen (secondary N) is 1. The molecule has 0 aliphatic carbocycles. The van der Waals surface area contributed by atoms with Gasteiger partial charge in [0.1, 0.15) is 11.3 Å². The summed E-state index contributed by atoms with van der Waals surface area (Å²) in [6, 6.07) is 3.90. The number of pyridine rings is 1. The molecule has 2 rings (SSSR count). The van der Waals surface area contributed by atoms with E-state index in [-0.39, 0.29) is 0 Å². The molecule has 0 fully saturated rings. The molecule has 0 saturated heterocycles. The van der Waals surface area contributed by atoms with Crippen molar-refractivity contribution < 1.29 is 0 Å². The molecule has 0 aromatic carbocycles. The van der Waals surface area contributed by atoms with Crippen molar-refractivity contribution in [1.29, 1.82) is 0 Å². The first kappa shape index (κ1) is 11.8. The van der Waals surface area contributed by atoms with E-state index in [4.69, 9.17) is 0 Å². The van der Waals surface area contributed by atoms with Crippen LogP contribution >= 0.6 is 0 Å². The van der Waals surface area contributed by atoms with Crippen LogP contribution in [-0.4, -0.2) is 21.5 Å². The van der Waals surface area contributed by atoms with E-state index >= 15 is 0 Å². The highest BCUT2D eigenvalue weighted by Crippen LogP contribution is 2.10. The monoisotopic (exact) mass is 230 g/mol. The molecule has 0 atom stereocenters. The van der Waals surface area contributed by atoms with Gasteiger partial charge in [-0.05, 0) is 18.6 Å². The van der Waals surface area contributed by atoms with Gasteiger partial charge in [0.05, 0.1) is 0 Å². The van der Waals surface area contributed by atoms with Crippen molar-refractivity contribution in [1.82, 2.24) is 15.0 Å². The van der Waals surface area contributed by atoms with Crippen molar-refractivity contribution in [2.24, 2.45) is 0 Å². The predicted octanol–water partition coefficient (Wildman–Crippen LogP) is 3.02. The highest BCUT2D eigenvalue weighted by Gasteiger charge is 1.98. The highest BCUT2D eigenvalue weighted by molar-refractivity contribution is 5.71. The molecule has 4 nitrogen and oxygen atoms in total. The first-order valence-electron chi connectivity index (χ1n) is 6.22. The fraction of sp³-hybridized carbons (Fsp3) is 0.462. The fourth-order valence-corrected chi connectivity index (χ4v) is 1.72. The maximum atomic E-state index is 4.41. The third-order valence-electron chi connectivity index (χ3n) is 2.67. The summed E-state index contributed by atoms with van der Waals surface area (Å²) >= 11 is 0. The Balaban J connectivity index is 1.90. The van der Waals surface area contributed by atoms with Gasteiger partial charge >= 0.3 is 0 Å². The van der Waals surface area contributed by atoms with E-state index in [2.05, 4.69) is 27.2 Å². The maximum Gasteiger partial charge on any atom is 0.180 e. The van der Waals surface area contributed by atoms with Gasteiger partial charge in [-0.2, -0.15) is 0 Å². The fourth-order valence-electron chi connectivity index (χ4n) is 1.72. The average Bonchev–Trinajstić information content (AvgIpc) is 2.38. The largest absolute Gasteiger partial charge is 0.370 e. The lowest BCUT2D eigenvalue weighted by Crippen LogP contribution is -2.03. The van der Waals surface area contributed by atoms with Gasteiger partial charge in [-0.15, -0.1) is 0 Å². The molecular weight excluding hydrogens is 212 g/mol. The summed E-state index contributed by atoms with van der Waals surface area (Å²) in [5.74, 6) is 0.884. The second-order valence-corrected chi connectivity index (χ2v) is 4.08. The summed E-state index contributed by atoms with van der Waals surface area (Å²) in [6.45, 7) is 3.19. The smallest absolute Gasteiger partial charge is 0.180 e. The summed E-state index contributed by atoms with van der Waals surface area (Å²) in [5.41, 5.74) is 1.54. The molecule has 0 amide bonds. The molecule has 2 aromatic rings. The normalized spacial score (nSPS) is 10.6. The second-order valence-electron chi connectivity index (χ2n) is 4.08. The van der Waals surface area contributed by atoms with Crippen LogP contribution in [0.15, 0.2) is 24.5 Å². The van der Waals surface area contributed by atoms with Crippen molar-refractivity contribution in [3.8, 4) is 0 Å². The maximum absolute atomic E-state index is 4.41. The zero-order valence-corrected chi connectivity index (χ0v) is 10.2. The van der Waals surface area contributed by atoms with Crippen molar-refractivity contribution in [3.05, 3.63) is 24.5 Å². The van der Waals surface area contributed by atoms with Gasteiger partial charge in [0, 0.05) is 18.9 Å². The molecule has 0 aliphatic rings. The summed E-state index contributed by atoms with van der Waals surface area (Å²) in [5, 5.41) is 3.32. The van der Waals surface area contributed by atoms with Crippen LogP contribution in [0.5, 0.6) is 0 Å². The lowest BCUT2D eigenvalue weighted by molar-refractivity contribution is 0.684. The number of nitrogens with zero attached hydrogens (tertiary/aromatic N) is 3. The van der Waals surface area contributed by atoms with Crippen LogP contribution in [0.1, 0.15) is 32.6 Å². The Bertz CT molecular complexity index is 470. The third-order valence-corrected chi connectivity index (χ3v) is 2.67. The molecular formula is C13H18N4. The Labute approximate surface area is 102 Å². The molecule has 2 aromatic heterocycles. The lowest BCUT2D eigenvalue weighted by atomic mass is 10.2. The number of unbranched alkanes of at least 4 members (excludes halogenated alkanes) is 3. The number of hydrogen-bond acceptors (Lipinski definition) is 4. The molecule has 0 aliphatic heterocycles. The SMILES string of the molecule is CCCCCCNc1ccc2nccnc2n1. The van der Waals surface area contributed by atoms with E-state index in [0.717, 1.165) is 17.9 Å². The van der Waals surface area contributed by atoms with Gasteiger partial charge in [0.25, 0.3) is 0 Å². The van der Waals surface area contributed by atoms with E-state index in [1.165, 1.54) is 25.7 Å². The minimum atomic E-state index is 0.700. The van der Waals surface area contributed by atoms with Gasteiger partial charge in [0.15, 0.2) is 5.65 Å². The van der Waals surface area contributed by atoms with E-state index in [0.29, 0.717) is 5.65 Å². The number of rotatable bonds is 6. The molecule has 0 spiro atoms. The Morgan fingerprint density at radius 2 is 1.94 bits per heavy atom. The van der Waals surface area contributed by atoms with Crippen LogP contribution in [0.4, 0.5) is 5.82 Å². The summed E-state index contributed by atoms with van der Waals surface area (Å²) in [7, 11) is 0. The topological polar surface area (TPSA) is 50.7 Å². The van der Waals surface area contributed by atoms with Crippen LogP contribution in [0, 0.1) is 0 Å². The van der Waals surface area contributed by atoms with Crippen LogP contribution in [-0.2, 0) is 0 Å². The van der Waals surface area contributed by atoms with E-state index in [9.17, 15) is 0 Å². The Kier molecular flexibility index (Phi) is 4.24. The van der Waals surface area contributed by atoms with Gasteiger partial charge in [-0.1, -0.05) is 26.2 Å². The number of fused-ring (bicyclic) bond motifs is 1. The molecule has 0 bridgehead atoms. The lowest BCUT2D eigenvalue weighted by Gasteiger charge is -2.05. The molecule has 1 N–H and O–H groups in total. The molecule has 17 heavy (non-hydrogen) atoms. The Morgan fingerprint density at radius 1 is 1.06 bits per heavy atom. The van der Waals surface area contributed by atoms with Crippen molar-refractivity contribution in [2.45, 2.75) is 32.6 Å². The standard InChI is InChI=1S/C13H18N4/c1-2-3-4-5-8-15-12-7-6-11-13(17-12)16-10-9-14-11/h6-7,9-10H,2-5,8H2,1H3,(H,15,16,17). The molecule has 0 radical (unpaired) electrons. The van der Waals surface area contributed by atoms with Crippen molar-refractivity contribution in [3.63, 3.8) is 0 Å². The van der Waals surface area contributed by atoms with Crippen LogP contribution in [0.2, 0.25) is 0 Å². The zero-order valence-electron chi connectivity index (χ0n) is 10.2. The minimum absolute atomic E-state index is 0.700. The first-order chi connectivity index (χ1) is 8.40. The summed E-state index contributed by atoms with van der Waals surface area (Å²) in [4.78, 5) is 12.8. The molecule has 2 heterocycles. The summed E-state index contributed by atoms with van der Waals surface area (Å²) in [6.07, 6.45) is 8.38. The number of anilines is 1. The van der Waals surface area contributed by atoms with Crippen LogP contribution < -0.4 is 5.32 Å². The molecule has 0 saturated carbocycles. The van der Waals surface area contributed by atoms with Gasteiger partial charge in [-0.3, -0.25) is 4.98 Å². The van der Waals surface area contributed by atoms with Gasteiger partial charge < -0.3 is 5.32 Å². The van der Waals surface area contributed by atoms with Gasteiger partial charge in [0.2, 0.25) is 0 Å². The van der Waals surface area contributed by atoms with Crippen LogP contribution in [0.25, 0.3) is 11.2 Å². The molecule has 90 valence electrons. The Hall–Kier alpha value is -1.71. The second kappa shape index (κ2) is 6.13. The zero-order chi connectivity index (χ0) is 11.9. The molecule has 4 heteroatoms. The highest BCUT2D eigenvalue weighted by atomic mass is 15.0. The number of aromatic nitrogens is 3. The minimum Gasteiger partial charge on any atom is -0.370 e. The third kappa shape index (κ3) is 3.37. The number of hydrogen-bond donors (Lipinski definition) is 1. The predicted molar refractivity (Wildman–Crippen MR) is 70.0 cm³/mol. The van der Waals surface area contributed by atoms with Crippen molar-refractivity contribution in [2.75, 3.05) is 11.9 Å². The van der Waals surface area contributed by atoms with Gasteiger partial charge in [-0.25, -0.2) is 9.97 Å². The van der Waals surface area contributed by atoms with Crippen molar-refractivity contribution >= 4 is 17.0 Å². The Morgan fingerprint density at radius 3 is 2.82 bits per heavy atom. The first-order valence-corrected chi connectivity index (χ1v) is 6.22. The van der Waals surface area contributed by atoms with E-state index < -0.39 is 0 Å². The average molecular weight is 230 g/mol. The van der Waals surface area contributed by atoms with Crippen LogP contribution in [0.3, 0.4) is 0 Å². The summed E-state index contributed by atoms with van der Waals surface area (Å²) < 4.78 is 0. The van der Waals surface area contributed by atoms with E-state index in [1.807, 2.05) is 12.1 Å².